The van der Waals surface area contributed by atoms with Crippen molar-refractivity contribution in [3.8, 4) is 0 Å². The van der Waals surface area contributed by atoms with Gasteiger partial charge in [-0.3, -0.25) is 0 Å². The van der Waals surface area contributed by atoms with Crippen LogP contribution in [0.2, 0.25) is 0 Å². The SMILES string of the molecule is CCOC(=O)c1cccc(NC(=S)N[C@H](C)c2ccc(C)cc2)c1. The molecule has 0 aliphatic carbocycles. The van der Waals surface area contributed by atoms with E-state index in [0.29, 0.717) is 17.3 Å². The van der Waals surface area contributed by atoms with Gasteiger partial charge in [0.25, 0.3) is 0 Å². The molecule has 0 amide bonds. The lowest BCUT2D eigenvalue weighted by atomic mass is 10.1. The minimum Gasteiger partial charge on any atom is -0.462 e. The lowest BCUT2D eigenvalue weighted by Gasteiger charge is -2.18. The smallest absolute Gasteiger partial charge is 0.338 e. The first-order valence-electron chi connectivity index (χ1n) is 7.91. The average Bonchev–Trinajstić information content (AvgIpc) is 2.55. The molecular formula is C19H22N2O2S. The topological polar surface area (TPSA) is 50.4 Å². The van der Waals surface area contributed by atoms with Gasteiger partial charge in [-0.15, -0.1) is 0 Å². The van der Waals surface area contributed by atoms with Crippen LogP contribution in [0.3, 0.4) is 0 Å². The first-order chi connectivity index (χ1) is 11.5. The van der Waals surface area contributed by atoms with E-state index in [9.17, 15) is 4.79 Å². The molecule has 0 heterocycles. The van der Waals surface area contributed by atoms with Crippen LogP contribution in [0.25, 0.3) is 0 Å². The molecule has 2 aromatic rings. The van der Waals surface area contributed by atoms with Crippen LogP contribution >= 0.6 is 12.2 Å². The van der Waals surface area contributed by atoms with Crippen molar-refractivity contribution in [3.63, 3.8) is 0 Å². The van der Waals surface area contributed by atoms with Gasteiger partial charge in [0.15, 0.2) is 5.11 Å². The molecule has 4 nitrogen and oxygen atoms in total. The number of anilines is 1. The number of carbonyl (C=O) groups is 1. The largest absolute Gasteiger partial charge is 0.462 e. The highest BCUT2D eigenvalue weighted by molar-refractivity contribution is 7.80. The predicted molar refractivity (Wildman–Crippen MR) is 101 cm³/mol. The molecule has 0 aliphatic heterocycles. The lowest BCUT2D eigenvalue weighted by molar-refractivity contribution is 0.0526. The fraction of sp³-hybridized carbons (Fsp3) is 0.263. The number of thiocarbonyl (C=S) groups is 1. The van der Waals surface area contributed by atoms with Crippen LogP contribution in [0.4, 0.5) is 5.69 Å². The van der Waals surface area contributed by atoms with Crippen LogP contribution in [0.15, 0.2) is 48.5 Å². The Kier molecular flexibility index (Phi) is 6.32. The fourth-order valence-electron chi connectivity index (χ4n) is 2.24. The average molecular weight is 342 g/mol. The normalized spacial score (nSPS) is 11.5. The van der Waals surface area contributed by atoms with Crippen molar-refractivity contribution in [2.75, 3.05) is 11.9 Å². The summed E-state index contributed by atoms with van der Waals surface area (Å²) in [5.74, 6) is -0.340. The molecule has 0 bridgehead atoms. The second-order valence-electron chi connectivity index (χ2n) is 5.53. The Morgan fingerprint density at radius 2 is 1.92 bits per heavy atom. The first-order valence-corrected chi connectivity index (χ1v) is 8.31. The van der Waals surface area contributed by atoms with Crippen molar-refractivity contribution < 1.29 is 9.53 Å². The number of nitrogens with one attached hydrogen (secondary N) is 2. The maximum Gasteiger partial charge on any atom is 0.338 e. The van der Waals surface area contributed by atoms with Gasteiger partial charge in [0, 0.05) is 5.69 Å². The maximum atomic E-state index is 11.8. The second-order valence-corrected chi connectivity index (χ2v) is 5.94. The molecule has 0 fully saturated rings. The fourth-order valence-corrected chi connectivity index (χ4v) is 2.54. The van der Waals surface area contributed by atoms with Gasteiger partial charge in [0.1, 0.15) is 0 Å². The van der Waals surface area contributed by atoms with Gasteiger partial charge in [0.2, 0.25) is 0 Å². The standard InChI is InChI=1S/C19H22N2O2S/c1-4-23-18(22)16-6-5-7-17(12-16)21-19(24)20-14(3)15-10-8-13(2)9-11-15/h5-12,14H,4H2,1-3H3,(H2,20,21,24)/t14-/m1/s1. The highest BCUT2D eigenvalue weighted by atomic mass is 32.1. The zero-order valence-electron chi connectivity index (χ0n) is 14.1. The summed E-state index contributed by atoms with van der Waals surface area (Å²) in [5, 5.41) is 6.85. The summed E-state index contributed by atoms with van der Waals surface area (Å²) in [6, 6.07) is 15.5. The summed E-state index contributed by atoms with van der Waals surface area (Å²) in [4.78, 5) is 11.8. The van der Waals surface area contributed by atoms with Crippen molar-refractivity contribution in [2.45, 2.75) is 26.8 Å². The summed E-state index contributed by atoms with van der Waals surface area (Å²) in [6.07, 6.45) is 0. The third-order valence-electron chi connectivity index (χ3n) is 3.56. The highest BCUT2D eigenvalue weighted by Crippen LogP contribution is 2.15. The Morgan fingerprint density at radius 3 is 2.58 bits per heavy atom. The van der Waals surface area contributed by atoms with Crippen molar-refractivity contribution in [1.29, 1.82) is 0 Å². The van der Waals surface area contributed by atoms with Crippen molar-refractivity contribution in [3.05, 3.63) is 65.2 Å². The zero-order valence-corrected chi connectivity index (χ0v) is 14.9. The predicted octanol–water partition coefficient (Wildman–Crippen LogP) is 4.22. The van der Waals surface area contributed by atoms with Gasteiger partial charge in [0.05, 0.1) is 18.2 Å². The van der Waals surface area contributed by atoms with E-state index in [-0.39, 0.29) is 12.0 Å². The molecule has 2 N–H and O–H groups in total. The molecule has 0 saturated carbocycles. The number of aryl methyl sites for hydroxylation is 1. The zero-order chi connectivity index (χ0) is 17.5. The van der Waals surface area contributed by atoms with Gasteiger partial charge in [-0.05, 0) is 56.8 Å². The minimum atomic E-state index is -0.340. The van der Waals surface area contributed by atoms with Crippen LogP contribution in [-0.2, 0) is 4.74 Å². The third kappa shape index (κ3) is 5.06. The van der Waals surface area contributed by atoms with E-state index in [1.54, 1.807) is 25.1 Å². The molecule has 0 saturated heterocycles. The quantitative estimate of drug-likeness (QED) is 0.629. The molecule has 0 aromatic heterocycles. The highest BCUT2D eigenvalue weighted by Gasteiger charge is 2.09. The van der Waals surface area contributed by atoms with E-state index < -0.39 is 0 Å². The molecule has 126 valence electrons. The summed E-state index contributed by atoms with van der Waals surface area (Å²) in [6.45, 7) is 6.24. The van der Waals surface area contributed by atoms with Crippen molar-refractivity contribution in [1.82, 2.24) is 5.32 Å². The third-order valence-corrected chi connectivity index (χ3v) is 3.78. The molecule has 0 spiro atoms. The molecule has 0 unspecified atom stereocenters. The van der Waals surface area contributed by atoms with E-state index in [1.165, 1.54) is 5.56 Å². The van der Waals surface area contributed by atoms with Crippen LogP contribution in [0, 0.1) is 6.92 Å². The molecule has 2 aromatic carbocycles. The molecule has 2 rings (SSSR count). The van der Waals surface area contributed by atoms with Gasteiger partial charge in [-0.2, -0.15) is 0 Å². The van der Waals surface area contributed by atoms with E-state index in [1.807, 2.05) is 13.0 Å². The molecule has 5 heteroatoms. The molecular weight excluding hydrogens is 320 g/mol. The van der Waals surface area contributed by atoms with Crippen LogP contribution in [0.5, 0.6) is 0 Å². The summed E-state index contributed by atoms with van der Waals surface area (Å²) in [5.41, 5.74) is 3.62. The Labute approximate surface area is 148 Å². The van der Waals surface area contributed by atoms with E-state index in [4.69, 9.17) is 17.0 Å². The number of carbonyl (C=O) groups excluding carboxylic acids is 1. The Balaban J connectivity index is 1.98. The van der Waals surface area contributed by atoms with Crippen molar-refractivity contribution >= 4 is 29.0 Å². The molecule has 24 heavy (non-hydrogen) atoms. The first kappa shape index (κ1) is 17.9. The number of ether oxygens (including phenoxy) is 1. The number of hydrogen-bond donors (Lipinski definition) is 2. The van der Waals surface area contributed by atoms with Gasteiger partial charge in [-0.1, -0.05) is 35.9 Å². The summed E-state index contributed by atoms with van der Waals surface area (Å²) < 4.78 is 5.00. The Hall–Kier alpha value is -2.40. The number of hydrogen-bond acceptors (Lipinski definition) is 3. The molecule has 0 radical (unpaired) electrons. The van der Waals surface area contributed by atoms with Crippen LogP contribution in [-0.4, -0.2) is 17.7 Å². The van der Waals surface area contributed by atoms with Crippen LogP contribution < -0.4 is 10.6 Å². The lowest BCUT2D eigenvalue weighted by Crippen LogP contribution is -2.30. The second kappa shape index (κ2) is 8.45. The molecule has 0 aliphatic rings. The monoisotopic (exact) mass is 342 g/mol. The van der Waals surface area contributed by atoms with E-state index >= 15 is 0 Å². The van der Waals surface area contributed by atoms with Gasteiger partial charge >= 0.3 is 5.97 Å². The Bertz CT molecular complexity index is 714. The van der Waals surface area contributed by atoms with Crippen LogP contribution in [0.1, 0.15) is 41.4 Å². The van der Waals surface area contributed by atoms with Gasteiger partial charge < -0.3 is 15.4 Å². The van der Waals surface area contributed by atoms with E-state index in [2.05, 4.69) is 41.8 Å². The van der Waals surface area contributed by atoms with E-state index in [0.717, 1.165) is 11.3 Å². The minimum absolute atomic E-state index is 0.0823. The van der Waals surface area contributed by atoms with Crippen molar-refractivity contribution in [2.24, 2.45) is 0 Å². The molecule has 1 atom stereocenters. The Morgan fingerprint density at radius 1 is 1.21 bits per heavy atom. The summed E-state index contributed by atoms with van der Waals surface area (Å²) in [7, 11) is 0. The van der Waals surface area contributed by atoms with Gasteiger partial charge in [-0.25, -0.2) is 4.79 Å². The maximum absolute atomic E-state index is 11.8. The summed E-state index contributed by atoms with van der Waals surface area (Å²) >= 11 is 5.36. The number of rotatable bonds is 5. The number of benzene rings is 2. The number of esters is 1.